The lowest BCUT2D eigenvalue weighted by Gasteiger charge is -2.33. The van der Waals surface area contributed by atoms with Gasteiger partial charge in [-0.1, -0.05) is 11.8 Å². The number of hydrogen-bond acceptors (Lipinski definition) is 5. The van der Waals surface area contributed by atoms with E-state index in [1.54, 1.807) is 0 Å². The van der Waals surface area contributed by atoms with E-state index >= 15 is 0 Å². The molecule has 5 nitrogen and oxygen atoms in total. The fraction of sp³-hybridized carbons (Fsp3) is 0.571. The van der Waals surface area contributed by atoms with Crippen LogP contribution in [0.25, 0.3) is 0 Å². The van der Waals surface area contributed by atoms with Crippen LogP contribution in [0.5, 0.6) is 0 Å². The summed E-state index contributed by atoms with van der Waals surface area (Å²) in [7, 11) is -2.09. The van der Waals surface area contributed by atoms with Gasteiger partial charge in [-0.05, 0) is 26.6 Å². The van der Waals surface area contributed by atoms with Crippen molar-refractivity contribution in [2.75, 3.05) is 13.2 Å². The zero-order valence-corrected chi connectivity index (χ0v) is 13.3. The SMILES string of the molecule is C#CCOC(=O)CC(C)(O[Si](C)(C)C)C(=O)OCC#C. The van der Waals surface area contributed by atoms with E-state index in [-0.39, 0.29) is 19.6 Å². The Morgan fingerprint density at radius 2 is 1.60 bits per heavy atom. The monoisotopic (exact) mass is 296 g/mol. The molecule has 0 rings (SSSR count). The van der Waals surface area contributed by atoms with Crippen molar-refractivity contribution in [1.82, 2.24) is 0 Å². The zero-order valence-electron chi connectivity index (χ0n) is 12.3. The number of rotatable bonds is 7. The Morgan fingerprint density at radius 3 is 2.05 bits per heavy atom. The third-order valence-electron chi connectivity index (χ3n) is 2.05. The molecule has 0 amide bonds. The van der Waals surface area contributed by atoms with Gasteiger partial charge in [0.15, 0.2) is 27.1 Å². The molecular weight excluding hydrogens is 276 g/mol. The van der Waals surface area contributed by atoms with Crippen LogP contribution in [-0.4, -0.2) is 39.1 Å². The maximum atomic E-state index is 12.0. The summed E-state index contributed by atoms with van der Waals surface area (Å²) in [6.07, 6.45) is 9.77. The van der Waals surface area contributed by atoms with E-state index in [0.29, 0.717) is 0 Å². The molecule has 20 heavy (non-hydrogen) atoms. The minimum Gasteiger partial charge on any atom is -0.452 e. The van der Waals surface area contributed by atoms with Crippen LogP contribution in [0.2, 0.25) is 19.6 Å². The molecule has 0 aromatic rings. The van der Waals surface area contributed by atoms with E-state index in [2.05, 4.69) is 11.8 Å². The Kier molecular flexibility index (Phi) is 7.05. The first kappa shape index (κ1) is 18.2. The number of esters is 2. The number of ether oxygens (including phenoxy) is 2. The molecule has 6 heteroatoms. The lowest BCUT2D eigenvalue weighted by atomic mass is 10.0. The van der Waals surface area contributed by atoms with E-state index in [1.165, 1.54) is 6.92 Å². The van der Waals surface area contributed by atoms with Crippen molar-refractivity contribution in [3.63, 3.8) is 0 Å². The van der Waals surface area contributed by atoms with Gasteiger partial charge in [-0.3, -0.25) is 4.79 Å². The molecule has 0 saturated heterocycles. The summed E-state index contributed by atoms with van der Waals surface area (Å²) in [5.74, 6) is 3.06. The van der Waals surface area contributed by atoms with Crippen LogP contribution < -0.4 is 0 Å². The summed E-state index contributed by atoms with van der Waals surface area (Å²) in [4.78, 5) is 23.7. The minimum atomic E-state index is -2.09. The summed E-state index contributed by atoms with van der Waals surface area (Å²) in [6.45, 7) is 6.84. The first-order valence-electron chi connectivity index (χ1n) is 6.04. The van der Waals surface area contributed by atoms with Crippen LogP contribution in [0.4, 0.5) is 0 Å². The van der Waals surface area contributed by atoms with Crippen molar-refractivity contribution >= 4 is 20.3 Å². The minimum absolute atomic E-state index is 0.152. The Labute approximate surface area is 121 Å². The highest BCUT2D eigenvalue weighted by Crippen LogP contribution is 2.24. The average molecular weight is 296 g/mol. The van der Waals surface area contributed by atoms with Crippen molar-refractivity contribution in [1.29, 1.82) is 0 Å². The molecule has 0 N–H and O–H groups in total. The summed E-state index contributed by atoms with van der Waals surface area (Å²) in [5, 5.41) is 0. The van der Waals surface area contributed by atoms with Crippen LogP contribution in [0.15, 0.2) is 0 Å². The van der Waals surface area contributed by atoms with Crippen molar-refractivity contribution < 1.29 is 23.5 Å². The molecule has 0 spiro atoms. The molecule has 0 heterocycles. The smallest absolute Gasteiger partial charge is 0.338 e. The molecular formula is C14H20O5Si. The van der Waals surface area contributed by atoms with Crippen molar-refractivity contribution in [3.05, 3.63) is 0 Å². The van der Waals surface area contributed by atoms with E-state index in [4.69, 9.17) is 26.7 Å². The quantitative estimate of drug-likeness (QED) is 0.403. The maximum absolute atomic E-state index is 12.0. The molecule has 0 aromatic heterocycles. The van der Waals surface area contributed by atoms with Gasteiger partial charge in [0.2, 0.25) is 0 Å². The van der Waals surface area contributed by atoms with Crippen LogP contribution >= 0.6 is 0 Å². The van der Waals surface area contributed by atoms with Crippen molar-refractivity contribution in [3.8, 4) is 24.7 Å². The van der Waals surface area contributed by atoms with Gasteiger partial charge in [-0.25, -0.2) is 4.79 Å². The third kappa shape index (κ3) is 6.98. The van der Waals surface area contributed by atoms with Crippen molar-refractivity contribution in [2.45, 2.75) is 38.6 Å². The Bertz CT molecular complexity index is 438. The van der Waals surface area contributed by atoms with Crippen molar-refractivity contribution in [2.24, 2.45) is 0 Å². The predicted octanol–water partition coefficient (Wildman–Crippen LogP) is 1.34. The van der Waals surface area contributed by atoms with Gasteiger partial charge in [0.1, 0.15) is 0 Å². The standard InChI is InChI=1S/C14H20O5Si/c1-7-9-17-12(15)11-14(3,19-20(4,5)6)13(16)18-10-8-2/h1-2H,9-11H2,3-6H3. The molecule has 1 unspecified atom stereocenters. The molecule has 0 aliphatic rings. The second kappa shape index (κ2) is 7.74. The fourth-order valence-corrected chi connectivity index (χ4v) is 3.04. The number of terminal acetylenes is 2. The molecule has 0 bridgehead atoms. The van der Waals surface area contributed by atoms with Crippen LogP contribution in [0, 0.1) is 24.7 Å². The fourth-order valence-electron chi connectivity index (χ4n) is 1.53. The number of carbonyl (C=O) groups is 2. The molecule has 110 valence electrons. The van der Waals surface area contributed by atoms with E-state index in [0.717, 1.165) is 0 Å². The second-order valence-electron chi connectivity index (χ2n) is 5.27. The predicted molar refractivity (Wildman–Crippen MR) is 77.0 cm³/mol. The lowest BCUT2D eigenvalue weighted by Crippen LogP contribution is -2.49. The van der Waals surface area contributed by atoms with E-state index in [1.807, 2.05) is 19.6 Å². The van der Waals surface area contributed by atoms with Gasteiger partial charge in [0.25, 0.3) is 0 Å². The van der Waals surface area contributed by atoms with Gasteiger partial charge >= 0.3 is 11.9 Å². The van der Waals surface area contributed by atoms with Gasteiger partial charge in [0, 0.05) is 0 Å². The average Bonchev–Trinajstić information content (AvgIpc) is 2.30. The summed E-state index contributed by atoms with van der Waals surface area (Å²) >= 11 is 0. The van der Waals surface area contributed by atoms with E-state index in [9.17, 15) is 9.59 Å². The molecule has 0 aliphatic carbocycles. The summed E-state index contributed by atoms with van der Waals surface area (Å²) in [5.41, 5.74) is -1.42. The summed E-state index contributed by atoms with van der Waals surface area (Å²) < 4.78 is 15.4. The topological polar surface area (TPSA) is 61.8 Å². The van der Waals surface area contributed by atoms with Gasteiger partial charge in [0.05, 0.1) is 6.42 Å². The molecule has 0 aliphatic heterocycles. The van der Waals surface area contributed by atoms with Crippen LogP contribution in [0.3, 0.4) is 0 Å². The Balaban J connectivity index is 4.97. The lowest BCUT2D eigenvalue weighted by molar-refractivity contribution is -0.166. The van der Waals surface area contributed by atoms with Gasteiger partial charge < -0.3 is 13.9 Å². The molecule has 0 fully saturated rings. The maximum Gasteiger partial charge on any atom is 0.338 e. The first-order chi connectivity index (χ1) is 9.14. The number of carbonyl (C=O) groups excluding carboxylic acids is 2. The zero-order chi connectivity index (χ0) is 15.8. The summed E-state index contributed by atoms with van der Waals surface area (Å²) in [6, 6.07) is 0. The van der Waals surface area contributed by atoms with Gasteiger partial charge in [-0.2, -0.15) is 0 Å². The first-order valence-corrected chi connectivity index (χ1v) is 9.45. The number of hydrogen-bond donors (Lipinski definition) is 0. The largest absolute Gasteiger partial charge is 0.452 e. The molecule has 1 atom stereocenters. The molecule has 0 aromatic carbocycles. The van der Waals surface area contributed by atoms with Crippen LogP contribution in [0.1, 0.15) is 13.3 Å². The van der Waals surface area contributed by atoms with Crippen LogP contribution in [-0.2, 0) is 23.5 Å². The third-order valence-corrected chi connectivity index (χ3v) is 3.11. The highest BCUT2D eigenvalue weighted by molar-refractivity contribution is 6.70. The van der Waals surface area contributed by atoms with Gasteiger partial charge in [-0.15, -0.1) is 12.8 Å². The molecule has 0 radical (unpaired) electrons. The highest BCUT2D eigenvalue weighted by atomic mass is 28.4. The highest BCUT2D eigenvalue weighted by Gasteiger charge is 2.42. The molecule has 0 saturated carbocycles. The normalized spacial score (nSPS) is 13.5. The second-order valence-corrected chi connectivity index (χ2v) is 9.70. The Hall–Kier alpha value is -1.76. The van der Waals surface area contributed by atoms with E-state index < -0.39 is 25.9 Å². The Morgan fingerprint density at radius 1 is 1.10 bits per heavy atom.